The Hall–Kier alpha value is -4.04. The van der Waals surface area contributed by atoms with E-state index >= 15 is 0 Å². The van der Waals surface area contributed by atoms with Gasteiger partial charge in [-0.1, -0.05) is 29.8 Å². The highest BCUT2D eigenvalue weighted by atomic mass is 35.5. The molecule has 3 aliphatic heterocycles. The van der Waals surface area contributed by atoms with E-state index in [1.54, 1.807) is 9.80 Å². The number of nitrogens with one attached hydrogen (secondary N) is 1. The lowest BCUT2D eigenvalue weighted by atomic mass is 9.92. The molecule has 4 amide bonds. The topological polar surface area (TPSA) is 138 Å². The molecule has 3 aliphatic rings. The number of carbonyl (C=O) groups excluding carboxylic acids is 3. The lowest BCUT2D eigenvalue weighted by molar-refractivity contribution is -0.142. The smallest absolute Gasteiger partial charge is 0.397 e. The molecule has 1 atom stereocenters. The number of alkyl halides is 3. The number of rotatable bonds is 6. The van der Waals surface area contributed by atoms with Gasteiger partial charge in [-0.25, -0.2) is 9.78 Å². The van der Waals surface area contributed by atoms with Crippen LogP contribution in [0.2, 0.25) is 5.02 Å². The minimum Gasteiger partial charge on any atom is -0.397 e. The Morgan fingerprint density at radius 3 is 2.50 bits per heavy atom. The SMILES string of the molecule is Nc1nc2c(s1)CCN(C(=O)[C@H](CC(=O)N1CCC(N3CCc4ccccc4NC3=O)CC1)Cc1cc(Cl)c(N)c(C(F)(F)F)c1)CC2. The second-order valence-electron chi connectivity index (χ2n) is 12.5. The number of likely N-dealkylation sites (tertiary alicyclic amines) is 1. The van der Waals surface area contributed by atoms with Crippen molar-refractivity contribution >= 4 is 57.3 Å². The van der Waals surface area contributed by atoms with Gasteiger partial charge in [0.05, 0.1) is 27.9 Å². The highest BCUT2D eigenvalue weighted by Gasteiger charge is 2.37. The largest absolute Gasteiger partial charge is 0.418 e. The van der Waals surface area contributed by atoms with Crippen LogP contribution in [-0.4, -0.2) is 76.3 Å². The van der Waals surface area contributed by atoms with Gasteiger partial charge < -0.3 is 31.5 Å². The second kappa shape index (κ2) is 13.8. The minimum absolute atomic E-state index is 0.0559. The number of urea groups is 1. The molecule has 1 saturated heterocycles. The lowest BCUT2D eigenvalue weighted by Gasteiger charge is -2.38. The standard InChI is InChI=1S/C33H37ClF3N7O3S/c34-24-17-19(16-23(29(24)38)33(35,36)37)15-21(30(46)43-12-8-26-27(9-13-43)48-31(39)40-26)18-28(45)42-10-6-22(7-11-42)44-14-5-20-3-1-2-4-25(20)41-32(44)47/h1-4,16-17,21-22H,5-15,18,38H2,(H2,39,40)(H,41,47)/t21-/m0/s1. The maximum atomic E-state index is 14.1. The number of fused-ring (bicyclic) bond motifs is 2. The molecular weight excluding hydrogens is 667 g/mol. The molecule has 1 aromatic heterocycles. The lowest BCUT2D eigenvalue weighted by Crippen LogP contribution is -2.50. The molecule has 15 heteroatoms. The molecule has 5 N–H and O–H groups in total. The van der Waals surface area contributed by atoms with Crippen LogP contribution in [-0.2, 0) is 41.4 Å². The van der Waals surface area contributed by atoms with E-state index in [2.05, 4.69) is 10.3 Å². The normalized spacial score (nSPS) is 18.0. The first-order valence-corrected chi connectivity index (χ1v) is 17.2. The summed E-state index contributed by atoms with van der Waals surface area (Å²) in [5.74, 6) is -1.51. The molecule has 4 heterocycles. The van der Waals surface area contributed by atoms with E-state index in [4.69, 9.17) is 23.1 Å². The fraction of sp³-hybridized carbons (Fsp3) is 0.455. The van der Waals surface area contributed by atoms with E-state index in [1.807, 2.05) is 29.2 Å². The van der Waals surface area contributed by atoms with E-state index in [0.717, 1.165) is 34.3 Å². The summed E-state index contributed by atoms with van der Waals surface area (Å²) in [4.78, 5) is 51.4. The van der Waals surface area contributed by atoms with Gasteiger partial charge in [-0.05, 0) is 55.0 Å². The first-order chi connectivity index (χ1) is 22.9. The molecule has 6 rings (SSSR count). The third-order valence-corrected chi connectivity index (χ3v) is 10.8. The van der Waals surface area contributed by atoms with Crippen molar-refractivity contribution in [3.8, 4) is 0 Å². The maximum Gasteiger partial charge on any atom is 0.418 e. The molecule has 2 aromatic carbocycles. The van der Waals surface area contributed by atoms with E-state index < -0.39 is 23.3 Å². The van der Waals surface area contributed by atoms with Crippen LogP contribution < -0.4 is 16.8 Å². The van der Waals surface area contributed by atoms with Gasteiger partial charge in [-0.15, -0.1) is 11.3 Å². The van der Waals surface area contributed by atoms with Crippen molar-refractivity contribution in [3.05, 3.63) is 68.7 Å². The molecule has 0 bridgehead atoms. The summed E-state index contributed by atoms with van der Waals surface area (Å²) in [5.41, 5.74) is 12.8. The highest BCUT2D eigenvalue weighted by molar-refractivity contribution is 7.15. The maximum absolute atomic E-state index is 14.1. The Balaban J connectivity index is 1.15. The molecule has 10 nitrogen and oxygen atoms in total. The molecule has 0 radical (unpaired) electrons. The number of para-hydroxylation sites is 1. The van der Waals surface area contributed by atoms with Gasteiger partial charge in [0.1, 0.15) is 0 Å². The third-order valence-electron chi connectivity index (χ3n) is 9.48. The van der Waals surface area contributed by atoms with Crippen molar-refractivity contribution in [1.82, 2.24) is 19.7 Å². The Bertz CT molecular complexity index is 1680. The number of carbonyl (C=O) groups is 3. The van der Waals surface area contributed by atoms with Crippen molar-refractivity contribution < 1.29 is 27.6 Å². The summed E-state index contributed by atoms with van der Waals surface area (Å²) in [6, 6.07) is 9.73. The number of piperidine rings is 1. The quantitative estimate of drug-likeness (QED) is 0.301. The van der Waals surface area contributed by atoms with Gasteiger partial charge in [0.2, 0.25) is 11.8 Å². The van der Waals surface area contributed by atoms with E-state index in [0.29, 0.717) is 63.5 Å². The number of hydrogen-bond donors (Lipinski definition) is 3. The summed E-state index contributed by atoms with van der Waals surface area (Å²) in [5, 5.41) is 3.20. The van der Waals surface area contributed by atoms with Crippen LogP contribution in [0.5, 0.6) is 0 Å². The Morgan fingerprint density at radius 1 is 1.02 bits per heavy atom. The zero-order valence-electron chi connectivity index (χ0n) is 26.2. The zero-order valence-corrected chi connectivity index (χ0v) is 27.8. The van der Waals surface area contributed by atoms with Crippen LogP contribution in [0.25, 0.3) is 0 Å². The van der Waals surface area contributed by atoms with Crippen LogP contribution in [0.4, 0.5) is 34.5 Å². The number of aromatic nitrogens is 1. The number of nitrogen functional groups attached to an aromatic ring is 2. The van der Waals surface area contributed by atoms with Crippen LogP contribution in [0.15, 0.2) is 36.4 Å². The van der Waals surface area contributed by atoms with Gasteiger partial charge in [0.15, 0.2) is 5.13 Å². The van der Waals surface area contributed by atoms with Crippen molar-refractivity contribution in [1.29, 1.82) is 0 Å². The fourth-order valence-corrected chi connectivity index (χ4v) is 8.03. The number of halogens is 4. The summed E-state index contributed by atoms with van der Waals surface area (Å²) in [6.45, 7) is 2.07. The van der Waals surface area contributed by atoms with Crippen molar-refractivity contribution in [2.75, 3.05) is 49.5 Å². The summed E-state index contributed by atoms with van der Waals surface area (Å²) >= 11 is 7.50. The first-order valence-electron chi connectivity index (χ1n) is 16.0. The van der Waals surface area contributed by atoms with Crippen molar-refractivity contribution in [3.63, 3.8) is 0 Å². The molecule has 0 aliphatic carbocycles. The molecular formula is C33H37ClF3N7O3S. The number of anilines is 3. The fourth-order valence-electron chi connectivity index (χ4n) is 6.92. The molecule has 0 unspecified atom stereocenters. The summed E-state index contributed by atoms with van der Waals surface area (Å²) < 4.78 is 41.4. The van der Waals surface area contributed by atoms with Crippen LogP contribution in [0, 0.1) is 5.92 Å². The molecule has 0 spiro atoms. The van der Waals surface area contributed by atoms with Gasteiger partial charge in [0, 0.05) is 68.6 Å². The number of nitrogens with two attached hydrogens (primary N) is 2. The summed E-state index contributed by atoms with van der Waals surface area (Å²) in [6.07, 6.45) is -2.15. The average molecular weight is 704 g/mol. The number of amides is 4. The van der Waals surface area contributed by atoms with Crippen LogP contribution >= 0.6 is 22.9 Å². The average Bonchev–Trinajstić information content (AvgIpc) is 3.18. The number of nitrogens with zero attached hydrogens (tertiary/aromatic N) is 4. The predicted octanol–water partition coefficient (Wildman–Crippen LogP) is 5.24. The molecule has 3 aromatic rings. The van der Waals surface area contributed by atoms with Gasteiger partial charge in [-0.2, -0.15) is 13.2 Å². The van der Waals surface area contributed by atoms with Crippen LogP contribution in [0.3, 0.4) is 0 Å². The third kappa shape index (κ3) is 7.34. The predicted molar refractivity (Wildman–Crippen MR) is 179 cm³/mol. The number of benzene rings is 2. The zero-order chi connectivity index (χ0) is 34.2. The van der Waals surface area contributed by atoms with Crippen molar-refractivity contribution in [2.24, 2.45) is 5.92 Å². The van der Waals surface area contributed by atoms with E-state index in [9.17, 15) is 27.6 Å². The second-order valence-corrected chi connectivity index (χ2v) is 14.1. The Morgan fingerprint density at radius 2 is 1.75 bits per heavy atom. The Labute approximate surface area is 285 Å². The minimum atomic E-state index is -4.74. The summed E-state index contributed by atoms with van der Waals surface area (Å²) in [7, 11) is 0. The van der Waals surface area contributed by atoms with Gasteiger partial charge in [0.25, 0.3) is 0 Å². The molecule has 256 valence electrons. The monoisotopic (exact) mass is 703 g/mol. The first kappa shape index (κ1) is 33.8. The van der Waals surface area contributed by atoms with Gasteiger partial charge in [-0.3, -0.25) is 9.59 Å². The molecule has 0 saturated carbocycles. The highest BCUT2D eigenvalue weighted by Crippen LogP contribution is 2.39. The van der Waals surface area contributed by atoms with Crippen molar-refractivity contribution in [2.45, 2.75) is 57.2 Å². The van der Waals surface area contributed by atoms with Crippen LogP contribution in [0.1, 0.15) is 46.5 Å². The number of hydrogen-bond acceptors (Lipinski definition) is 7. The molecule has 48 heavy (non-hydrogen) atoms. The van der Waals surface area contributed by atoms with Gasteiger partial charge >= 0.3 is 12.2 Å². The molecule has 1 fully saturated rings. The van der Waals surface area contributed by atoms with E-state index in [1.165, 1.54) is 17.4 Å². The number of thiazole rings is 1. The Kier molecular flexibility index (Phi) is 9.75. The van der Waals surface area contributed by atoms with E-state index in [-0.39, 0.29) is 47.3 Å².